The standard InChI is InChI=1S/C14H16N2S/c1-10(12-4-5-17-9-12)16-7-11-2-3-14(15)6-13(11)8-16/h2-6,9-10H,7-8,15H2,1H3. The molecule has 1 aliphatic heterocycles. The van der Waals surface area contributed by atoms with Crippen molar-refractivity contribution in [2.45, 2.75) is 26.1 Å². The highest BCUT2D eigenvalue weighted by atomic mass is 32.1. The van der Waals surface area contributed by atoms with Crippen LogP contribution in [-0.2, 0) is 13.1 Å². The number of hydrogen-bond donors (Lipinski definition) is 1. The number of nitrogens with two attached hydrogens (primary N) is 1. The zero-order valence-electron chi connectivity index (χ0n) is 9.89. The van der Waals surface area contributed by atoms with Crippen LogP contribution in [0.4, 0.5) is 5.69 Å². The van der Waals surface area contributed by atoms with E-state index in [2.05, 4.69) is 40.8 Å². The Balaban J connectivity index is 1.82. The molecule has 17 heavy (non-hydrogen) atoms. The minimum atomic E-state index is 0.481. The topological polar surface area (TPSA) is 29.3 Å². The van der Waals surface area contributed by atoms with Gasteiger partial charge in [-0.3, -0.25) is 4.90 Å². The molecule has 88 valence electrons. The van der Waals surface area contributed by atoms with Crippen LogP contribution in [0.5, 0.6) is 0 Å². The van der Waals surface area contributed by atoms with Gasteiger partial charge in [0.1, 0.15) is 0 Å². The fourth-order valence-electron chi connectivity index (χ4n) is 2.44. The molecule has 0 saturated heterocycles. The molecule has 0 spiro atoms. The van der Waals surface area contributed by atoms with Crippen LogP contribution in [0.2, 0.25) is 0 Å². The Morgan fingerprint density at radius 1 is 1.24 bits per heavy atom. The number of rotatable bonds is 2. The van der Waals surface area contributed by atoms with Crippen LogP contribution < -0.4 is 5.73 Å². The Morgan fingerprint density at radius 3 is 2.82 bits per heavy atom. The molecule has 3 heteroatoms. The fraction of sp³-hybridized carbons (Fsp3) is 0.286. The van der Waals surface area contributed by atoms with Crippen LogP contribution in [-0.4, -0.2) is 4.90 Å². The van der Waals surface area contributed by atoms with Crippen LogP contribution in [0, 0.1) is 0 Å². The van der Waals surface area contributed by atoms with Gasteiger partial charge in [-0.25, -0.2) is 0 Å². The second kappa shape index (κ2) is 4.17. The Kier molecular flexibility index (Phi) is 2.65. The second-order valence-electron chi connectivity index (χ2n) is 4.67. The molecule has 0 aliphatic carbocycles. The Labute approximate surface area is 106 Å². The highest BCUT2D eigenvalue weighted by molar-refractivity contribution is 7.07. The van der Waals surface area contributed by atoms with Gasteiger partial charge in [0.2, 0.25) is 0 Å². The molecule has 2 aromatic rings. The maximum absolute atomic E-state index is 5.83. The third-order valence-electron chi connectivity index (χ3n) is 3.55. The molecular formula is C14H16N2S. The first-order valence-electron chi connectivity index (χ1n) is 5.87. The molecule has 2 nitrogen and oxygen atoms in total. The fourth-order valence-corrected chi connectivity index (χ4v) is 3.19. The summed E-state index contributed by atoms with van der Waals surface area (Å²) in [5.41, 5.74) is 10.9. The number of fused-ring (bicyclic) bond motifs is 1. The summed E-state index contributed by atoms with van der Waals surface area (Å²) in [5.74, 6) is 0. The minimum absolute atomic E-state index is 0.481. The van der Waals surface area contributed by atoms with E-state index in [0.717, 1.165) is 18.8 Å². The molecule has 1 aromatic heterocycles. The number of hydrogen-bond acceptors (Lipinski definition) is 3. The molecular weight excluding hydrogens is 228 g/mol. The molecule has 2 N–H and O–H groups in total. The molecule has 1 aromatic carbocycles. The highest BCUT2D eigenvalue weighted by Gasteiger charge is 2.24. The SMILES string of the molecule is CC(c1ccsc1)N1Cc2ccc(N)cc2C1. The van der Waals surface area contributed by atoms with E-state index in [1.165, 1.54) is 16.7 Å². The summed E-state index contributed by atoms with van der Waals surface area (Å²) < 4.78 is 0. The summed E-state index contributed by atoms with van der Waals surface area (Å²) in [7, 11) is 0. The maximum atomic E-state index is 5.83. The van der Waals surface area contributed by atoms with Gasteiger partial charge in [0.25, 0.3) is 0 Å². The lowest BCUT2D eigenvalue weighted by Gasteiger charge is -2.22. The van der Waals surface area contributed by atoms with Gasteiger partial charge in [0.05, 0.1) is 0 Å². The third-order valence-corrected chi connectivity index (χ3v) is 4.25. The summed E-state index contributed by atoms with van der Waals surface area (Å²) in [5, 5.41) is 4.38. The zero-order valence-corrected chi connectivity index (χ0v) is 10.7. The van der Waals surface area contributed by atoms with Gasteiger partial charge in [-0.1, -0.05) is 6.07 Å². The van der Waals surface area contributed by atoms with Gasteiger partial charge < -0.3 is 5.73 Å². The van der Waals surface area contributed by atoms with E-state index in [-0.39, 0.29) is 0 Å². The largest absolute Gasteiger partial charge is 0.399 e. The molecule has 0 bridgehead atoms. The van der Waals surface area contributed by atoms with Crippen molar-refractivity contribution < 1.29 is 0 Å². The van der Waals surface area contributed by atoms with Gasteiger partial charge >= 0.3 is 0 Å². The molecule has 1 unspecified atom stereocenters. The summed E-state index contributed by atoms with van der Waals surface area (Å²) >= 11 is 1.77. The predicted octanol–water partition coefficient (Wildman–Crippen LogP) is 3.41. The van der Waals surface area contributed by atoms with E-state index in [0.29, 0.717) is 6.04 Å². The number of benzene rings is 1. The summed E-state index contributed by atoms with van der Waals surface area (Å²) in [6.45, 7) is 4.32. The van der Waals surface area contributed by atoms with Crippen LogP contribution in [0.1, 0.15) is 29.7 Å². The molecule has 1 aliphatic rings. The van der Waals surface area contributed by atoms with Crippen molar-refractivity contribution in [1.82, 2.24) is 4.90 Å². The molecule has 2 heterocycles. The average Bonchev–Trinajstić information content (AvgIpc) is 2.96. The average molecular weight is 244 g/mol. The van der Waals surface area contributed by atoms with Crippen molar-refractivity contribution in [3.63, 3.8) is 0 Å². The van der Waals surface area contributed by atoms with Crippen LogP contribution in [0.3, 0.4) is 0 Å². The van der Waals surface area contributed by atoms with Crippen LogP contribution in [0.25, 0.3) is 0 Å². The first kappa shape index (κ1) is 10.8. The maximum Gasteiger partial charge on any atom is 0.0335 e. The van der Waals surface area contributed by atoms with Crippen molar-refractivity contribution in [2.75, 3.05) is 5.73 Å². The third kappa shape index (κ3) is 1.96. The first-order chi connectivity index (χ1) is 8.24. The highest BCUT2D eigenvalue weighted by Crippen LogP contribution is 2.32. The van der Waals surface area contributed by atoms with Crippen LogP contribution in [0.15, 0.2) is 35.0 Å². The summed E-state index contributed by atoms with van der Waals surface area (Å²) in [4.78, 5) is 2.49. The van der Waals surface area contributed by atoms with E-state index >= 15 is 0 Å². The van der Waals surface area contributed by atoms with E-state index in [4.69, 9.17) is 5.73 Å². The molecule has 0 amide bonds. The van der Waals surface area contributed by atoms with Gasteiger partial charge in [-0.15, -0.1) is 0 Å². The van der Waals surface area contributed by atoms with E-state index in [1.807, 2.05) is 6.07 Å². The predicted molar refractivity (Wildman–Crippen MR) is 72.8 cm³/mol. The number of nitrogens with zero attached hydrogens (tertiary/aromatic N) is 1. The zero-order chi connectivity index (χ0) is 11.8. The number of anilines is 1. The first-order valence-corrected chi connectivity index (χ1v) is 6.82. The van der Waals surface area contributed by atoms with Gasteiger partial charge in [0.15, 0.2) is 0 Å². The van der Waals surface area contributed by atoms with Crippen molar-refractivity contribution in [2.24, 2.45) is 0 Å². The van der Waals surface area contributed by atoms with Gasteiger partial charge in [-0.2, -0.15) is 11.3 Å². The van der Waals surface area contributed by atoms with Crippen molar-refractivity contribution >= 4 is 17.0 Å². The Bertz CT molecular complexity index is 519. The van der Waals surface area contributed by atoms with Crippen LogP contribution >= 0.6 is 11.3 Å². The minimum Gasteiger partial charge on any atom is -0.399 e. The molecule has 3 rings (SSSR count). The lowest BCUT2D eigenvalue weighted by Crippen LogP contribution is -2.20. The quantitative estimate of drug-likeness (QED) is 0.820. The van der Waals surface area contributed by atoms with E-state index in [1.54, 1.807) is 11.3 Å². The Morgan fingerprint density at radius 2 is 2.06 bits per heavy atom. The number of thiophene rings is 1. The molecule has 0 fully saturated rings. The second-order valence-corrected chi connectivity index (χ2v) is 5.45. The monoisotopic (exact) mass is 244 g/mol. The normalized spacial score (nSPS) is 17.0. The smallest absolute Gasteiger partial charge is 0.0335 e. The van der Waals surface area contributed by atoms with E-state index < -0.39 is 0 Å². The van der Waals surface area contributed by atoms with Crippen molar-refractivity contribution in [3.8, 4) is 0 Å². The molecule has 0 radical (unpaired) electrons. The van der Waals surface area contributed by atoms with Gasteiger partial charge in [-0.05, 0) is 52.6 Å². The van der Waals surface area contributed by atoms with Crippen molar-refractivity contribution in [1.29, 1.82) is 0 Å². The number of nitrogen functional groups attached to an aromatic ring is 1. The lowest BCUT2D eigenvalue weighted by molar-refractivity contribution is 0.215. The summed E-state index contributed by atoms with van der Waals surface area (Å²) in [6, 6.07) is 8.96. The van der Waals surface area contributed by atoms with E-state index in [9.17, 15) is 0 Å². The Hall–Kier alpha value is -1.32. The summed E-state index contributed by atoms with van der Waals surface area (Å²) in [6.07, 6.45) is 0. The molecule has 1 atom stereocenters. The van der Waals surface area contributed by atoms with Gasteiger partial charge in [0, 0.05) is 24.8 Å². The van der Waals surface area contributed by atoms with Crippen molar-refractivity contribution in [3.05, 3.63) is 51.7 Å². The lowest BCUT2D eigenvalue weighted by atomic mass is 10.1. The molecule has 0 saturated carbocycles.